The summed E-state index contributed by atoms with van der Waals surface area (Å²) in [7, 11) is 0. The summed E-state index contributed by atoms with van der Waals surface area (Å²) in [4.78, 5) is 11.5. The maximum atomic E-state index is 13.2. The Labute approximate surface area is 152 Å². The molecule has 1 aliphatic carbocycles. The highest BCUT2D eigenvalue weighted by atomic mass is 79.9. The molecule has 1 saturated carbocycles. The first-order valence-electron chi connectivity index (χ1n) is 7.85. The number of hydrogen-bond acceptors (Lipinski definition) is 3. The van der Waals surface area contributed by atoms with Gasteiger partial charge in [-0.3, -0.25) is 4.79 Å². The molecule has 4 nitrogen and oxygen atoms in total. The van der Waals surface area contributed by atoms with Crippen molar-refractivity contribution in [2.75, 3.05) is 13.2 Å². The van der Waals surface area contributed by atoms with Gasteiger partial charge in [0, 0.05) is 24.1 Å². The summed E-state index contributed by atoms with van der Waals surface area (Å²) in [6.45, 7) is 0.773. The van der Waals surface area contributed by atoms with Crippen LogP contribution < -0.4 is 14.8 Å². The van der Waals surface area contributed by atoms with Gasteiger partial charge < -0.3 is 14.8 Å². The Kier molecular flexibility index (Phi) is 5.53. The van der Waals surface area contributed by atoms with Gasteiger partial charge in [-0.05, 0) is 47.0 Å². The minimum absolute atomic E-state index is 0.0702. The Balaban J connectivity index is 1.53. The van der Waals surface area contributed by atoms with Gasteiger partial charge in [0.25, 0.3) is 0 Å². The summed E-state index contributed by atoms with van der Waals surface area (Å²) in [6, 6.07) is 7.93. The molecule has 2 aromatic carbocycles. The van der Waals surface area contributed by atoms with E-state index in [0.29, 0.717) is 29.1 Å². The Morgan fingerprint density at radius 3 is 2.48 bits per heavy atom. The van der Waals surface area contributed by atoms with Crippen LogP contribution in [-0.4, -0.2) is 19.1 Å². The number of hydrogen-bond donors (Lipinski definition) is 1. The molecule has 0 aromatic heterocycles. The van der Waals surface area contributed by atoms with E-state index in [0.717, 1.165) is 31.0 Å². The molecule has 0 radical (unpaired) electrons. The van der Waals surface area contributed by atoms with E-state index in [1.54, 1.807) is 18.2 Å². The Hall–Kier alpha value is -2.15. The van der Waals surface area contributed by atoms with Crippen LogP contribution in [0.4, 0.5) is 8.78 Å². The van der Waals surface area contributed by atoms with Crippen LogP contribution in [0.3, 0.4) is 0 Å². The second kappa shape index (κ2) is 7.82. The summed E-state index contributed by atoms with van der Waals surface area (Å²) < 4.78 is 38.0. The first-order valence-corrected chi connectivity index (χ1v) is 8.64. The predicted octanol–water partition coefficient (Wildman–Crippen LogP) is 4.42. The lowest BCUT2D eigenvalue weighted by Gasteiger charge is -2.11. The van der Waals surface area contributed by atoms with Crippen molar-refractivity contribution in [2.24, 2.45) is 5.92 Å². The fourth-order valence-corrected chi connectivity index (χ4v) is 2.68. The highest BCUT2D eigenvalue weighted by molar-refractivity contribution is 9.10. The van der Waals surface area contributed by atoms with Crippen molar-refractivity contribution in [2.45, 2.75) is 12.8 Å². The van der Waals surface area contributed by atoms with E-state index < -0.39 is 11.6 Å². The Morgan fingerprint density at radius 2 is 1.84 bits per heavy atom. The maximum absolute atomic E-state index is 13.2. The topological polar surface area (TPSA) is 47.6 Å². The predicted molar refractivity (Wildman–Crippen MR) is 91.8 cm³/mol. The normalized spacial score (nSPS) is 13.4. The van der Waals surface area contributed by atoms with E-state index in [1.165, 1.54) is 0 Å². The molecule has 0 spiro atoms. The maximum Gasteiger partial charge on any atom is 0.223 e. The number of carbonyl (C=O) groups is 1. The minimum atomic E-state index is -0.706. The standard InChI is InChI=1S/C18H16BrF2NO3/c19-16-10-14(25-15-8-12(20)7-13(21)9-15)3-4-17(16)24-6-5-22-18(23)11-1-2-11/h3-4,7-11H,1-2,5-6H2,(H,22,23). The van der Waals surface area contributed by atoms with Crippen LogP contribution >= 0.6 is 15.9 Å². The largest absolute Gasteiger partial charge is 0.491 e. The van der Waals surface area contributed by atoms with Gasteiger partial charge in [0.1, 0.15) is 35.5 Å². The minimum Gasteiger partial charge on any atom is -0.491 e. The molecule has 25 heavy (non-hydrogen) atoms. The number of rotatable bonds is 7. The average Bonchev–Trinajstić information content (AvgIpc) is 3.37. The first-order chi connectivity index (χ1) is 12.0. The van der Waals surface area contributed by atoms with Gasteiger partial charge in [0.2, 0.25) is 5.91 Å². The number of amides is 1. The van der Waals surface area contributed by atoms with Crippen LogP contribution in [0, 0.1) is 17.6 Å². The number of carbonyl (C=O) groups excluding carboxylic acids is 1. The van der Waals surface area contributed by atoms with E-state index in [9.17, 15) is 13.6 Å². The summed E-state index contributed by atoms with van der Waals surface area (Å²) in [6.07, 6.45) is 1.93. The quantitative estimate of drug-likeness (QED) is 0.685. The lowest BCUT2D eigenvalue weighted by molar-refractivity contribution is -0.122. The SMILES string of the molecule is O=C(NCCOc1ccc(Oc2cc(F)cc(F)c2)cc1Br)C1CC1. The molecule has 1 N–H and O–H groups in total. The zero-order valence-corrected chi connectivity index (χ0v) is 14.8. The molecular formula is C18H16BrF2NO3. The average molecular weight is 412 g/mol. The van der Waals surface area contributed by atoms with Crippen LogP contribution in [0.2, 0.25) is 0 Å². The van der Waals surface area contributed by atoms with E-state index in [2.05, 4.69) is 21.2 Å². The third kappa shape index (κ3) is 5.16. The smallest absolute Gasteiger partial charge is 0.223 e. The fraction of sp³-hybridized carbons (Fsp3) is 0.278. The molecule has 1 amide bonds. The van der Waals surface area contributed by atoms with Gasteiger partial charge >= 0.3 is 0 Å². The van der Waals surface area contributed by atoms with Crippen molar-refractivity contribution in [1.82, 2.24) is 5.32 Å². The monoisotopic (exact) mass is 411 g/mol. The molecule has 1 fully saturated rings. The molecule has 0 atom stereocenters. The van der Waals surface area contributed by atoms with Gasteiger partial charge in [0.15, 0.2) is 0 Å². The van der Waals surface area contributed by atoms with Crippen LogP contribution in [0.5, 0.6) is 17.2 Å². The van der Waals surface area contributed by atoms with Gasteiger partial charge in [-0.15, -0.1) is 0 Å². The number of benzene rings is 2. The first kappa shape index (κ1) is 17.7. The van der Waals surface area contributed by atoms with Crippen LogP contribution in [-0.2, 0) is 4.79 Å². The van der Waals surface area contributed by atoms with Gasteiger partial charge in [0.05, 0.1) is 11.0 Å². The van der Waals surface area contributed by atoms with Crippen LogP contribution in [0.1, 0.15) is 12.8 Å². The molecule has 2 aromatic rings. The lowest BCUT2D eigenvalue weighted by Crippen LogP contribution is -2.29. The molecule has 7 heteroatoms. The van der Waals surface area contributed by atoms with E-state index in [-0.39, 0.29) is 17.6 Å². The van der Waals surface area contributed by atoms with Gasteiger partial charge in [-0.25, -0.2) is 8.78 Å². The third-order valence-electron chi connectivity index (χ3n) is 3.58. The number of halogens is 3. The van der Waals surface area contributed by atoms with Gasteiger partial charge in [-0.1, -0.05) is 0 Å². The van der Waals surface area contributed by atoms with E-state index >= 15 is 0 Å². The highest BCUT2D eigenvalue weighted by Crippen LogP contribution is 2.32. The molecule has 0 heterocycles. The van der Waals surface area contributed by atoms with Gasteiger partial charge in [-0.2, -0.15) is 0 Å². The number of ether oxygens (including phenoxy) is 2. The zero-order valence-electron chi connectivity index (χ0n) is 13.2. The molecule has 0 aliphatic heterocycles. The summed E-state index contributed by atoms with van der Waals surface area (Å²) in [5, 5.41) is 2.81. The van der Waals surface area contributed by atoms with E-state index in [4.69, 9.17) is 9.47 Å². The second-order valence-corrected chi connectivity index (χ2v) is 6.57. The lowest BCUT2D eigenvalue weighted by atomic mass is 10.3. The summed E-state index contributed by atoms with van der Waals surface area (Å²) in [5.74, 6) is -0.0975. The molecule has 132 valence electrons. The summed E-state index contributed by atoms with van der Waals surface area (Å²) in [5.41, 5.74) is 0. The van der Waals surface area contributed by atoms with Crippen LogP contribution in [0.15, 0.2) is 40.9 Å². The second-order valence-electron chi connectivity index (χ2n) is 5.71. The summed E-state index contributed by atoms with van der Waals surface area (Å²) >= 11 is 3.36. The van der Waals surface area contributed by atoms with Crippen molar-refractivity contribution < 1.29 is 23.0 Å². The number of nitrogens with one attached hydrogen (secondary N) is 1. The highest BCUT2D eigenvalue weighted by Gasteiger charge is 2.29. The molecule has 3 rings (SSSR count). The molecular weight excluding hydrogens is 396 g/mol. The van der Waals surface area contributed by atoms with Crippen molar-refractivity contribution in [3.63, 3.8) is 0 Å². The zero-order chi connectivity index (χ0) is 17.8. The third-order valence-corrected chi connectivity index (χ3v) is 4.20. The molecule has 1 aliphatic rings. The van der Waals surface area contributed by atoms with Crippen molar-refractivity contribution in [1.29, 1.82) is 0 Å². The van der Waals surface area contributed by atoms with E-state index in [1.807, 2.05) is 0 Å². The van der Waals surface area contributed by atoms with Crippen molar-refractivity contribution >= 4 is 21.8 Å². The molecule has 0 saturated heterocycles. The van der Waals surface area contributed by atoms with Crippen LogP contribution in [0.25, 0.3) is 0 Å². The Morgan fingerprint density at radius 1 is 1.12 bits per heavy atom. The fourth-order valence-electron chi connectivity index (χ4n) is 2.21. The van der Waals surface area contributed by atoms with Crippen molar-refractivity contribution in [3.05, 3.63) is 52.5 Å². The Bertz CT molecular complexity index is 761. The molecule has 0 unspecified atom stereocenters. The molecule has 0 bridgehead atoms. The van der Waals surface area contributed by atoms with Crippen molar-refractivity contribution in [3.8, 4) is 17.2 Å².